The fourth-order valence-corrected chi connectivity index (χ4v) is 11.5. The summed E-state index contributed by atoms with van der Waals surface area (Å²) in [5.41, 5.74) is 0. The minimum Gasteiger partial charge on any atom is -0.394 e. The number of amides is 1. The molecule has 12 N–H and O–H groups in total. The topological polar surface area (TPSA) is 307 Å². The smallest absolute Gasteiger partial charge is 0.220 e. The molecule has 3 heterocycles. The molecule has 494 valence electrons. The van der Waals surface area contributed by atoms with Crippen LogP contribution in [0.5, 0.6) is 0 Å². The number of carbonyl (C=O) groups is 1. The second-order valence-electron chi connectivity index (χ2n) is 24.3. The molecule has 17 atom stereocenters. The summed E-state index contributed by atoms with van der Waals surface area (Å²) in [6.07, 6.45) is 25.3. The zero-order chi connectivity index (χ0) is 61.2. The monoisotopic (exact) mass is 1200 g/mol. The molecule has 19 nitrogen and oxygen atoms in total. The van der Waals surface area contributed by atoms with Crippen molar-refractivity contribution in [3.05, 3.63) is 24.3 Å². The van der Waals surface area contributed by atoms with Crippen molar-refractivity contribution >= 4 is 5.91 Å². The van der Waals surface area contributed by atoms with Gasteiger partial charge in [-0.1, -0.05) is 224 Å². The van der Waals surface area contributed by atoms with Crippen LogP contribution in [0.1, 0.15) is 251 Å². The van der Waals surface area contributed by atoms with Crippen LogP contribution < -0.4 is 5.32 Å². The normalized spacial score (nSPS) is 29.3. The van der Waals surface area contributed by atoms with Crippen LogP contribution in [-0.4, -0.2) is 193 Å². The quantitative estimate of drug-likeness (QED) is 0.0204. The zero-order valence-electron chi connectivity index (χ0n) is 51.9. The standard InChI is InChI=1S/C65H121NO18/c1-3-5-7-9-11-13-15-17-19-21-23-24-25-26-28-30-32-34-36-38-40-42-49(70)48(66-53(71)43-41-39-37-35-33-31-29-27-22-20-18-16-14-12-10-8-6-4-2)47-79-63-59(77)56(74)61(51(45-68)81-63)84-65-60(78)57(75)62(52(46-69)82-65)83-64-58(76)55(73)54(72)50(44-67)80-64/h14,16,20,22,48-52,54-65,67-70,72-78H,3-13,15,17-19,21,23-47H2,1-2H3,(H,66,71)/b16-14-,22-20-. The highest BCUT2D eigenvalue weighted by molar-refractivity contribution is 5.76. The number of rotatable bonds is 51. The second-order valence-corrected chi connectivity index (χ2v) is 24.3. The molecule has 84 heavy (non-hydrogen) atoms. The minimum atomic E-state index is -1.97. The Bertz CT molecular complexity index is 1630. The number of aliphatic hydroxyl groups is 11. The van der Waals surface area contributed by atoms with E-state index in [1.54, 1.807) is 0 Å². The van der Waals surface area contributed by atoms with Crippen molar-refractivity contribution in [1.82, 2.24) is 5.32 Å². The largest absolute Gasteiger partial charge is 0.394 e. The van der Waals surface area contributed by atoms with E-state index in [0.29, 0.717) is 12.8 Å². The van der Waals surface area contributed by atoms with Crippen LogP contribution in [0.3, 0.4) is 0 Å². The van der Waals surface area contributed by atoms with Crippen molar-refractivity contribution in [3.63, 3.8) is 0 Å². The lowest BCUT2D eigenvalue weighted by Gasteiger charge is -2.48. The molecule has 17 unspecified atom stereocenters. The van der Waals surface area contributed by atoms with E-state index in [9.17, 15) is 61.0 Å². The van der Waals surface area contributed by atoms with E-state index < -0.39 is 124 Å². The molecule has 0 aromatic heterocycles. The molecule has 19 heteroatoms. The van der Waals surface area contributed by atoms with Crippen molar-refractivity contribution in [3.8, 4) is 0 Å². The summed E-state index contributed by atoms with van der Waals surface area (Å²) < 4.78 is 34.4. The average Bonchev–Trinajstić information content (AvgIpc) is 2.97. The first-order valence-corrected chi connectivity index (χ1v) is 33.6. The molecule has 3 aliphatic heterocycles. The van der Waals surface area contributed by atoms with Crippen molar-refractivity contribution in [2.24, 2.45) is 0 Å². The van der Waals surface area contributed by atoms with E-state index in [1.807, 2.05) is 0 Å². The first kappa shape index (κ1) is 76.5. The van der Waals surface area contributed by atoms with Gasteiger partial charge in [0.25, 0.3) is 0 Å². The van der Waals surface area contributed by atoms with Gasteiger partial charge in [-0.2, -0.15) is 0 Å². The van der Waals surface area contributed by atoms with Gasteiger partial charge < -0.3 is 89.9 Å². The summed E-state index contributed by atoms with van der Waals surface area (Å²) in [5, 5.41) is 121. The van der Waals surface area contributed by atoms with E-state index in [-0.39, 0.29) is 18.9 Å². The summed E-state index contributed by atoms with van der Waals surface area (Å²) in [5.74, 6) is -0.248. The highest BCUT2D eigenvalue weighted by atomic mass is 16.8. The highest BCUT2D eigenvalue weighted by Crippen LogP contribution is 2.33. The molecule has 1 amide bonds. The number of nitrogens with one attached hydrogen (secondary N) is 1. The lowest BCUT2D eigenvalue weighted by Crippen LogP contribution is -2.66. The molecule has 3 aliphatic rings. The van der Waals surface area contributed by atoms with Gasteiger partial charge in [-0.25, -0.2) is 0 Å². The molecule has 0 bridgehead atoms. The van der Waals surface area contributed by atoms with Crippen LogP contribution in [0.15, 0.2) is 24.3 Å². The second kappa shape index (κ2) is 48.2. The van der Waals surface area contributed by atoms with Crippen LogP contribution in [0.25, 0.3) is 0 Å². The van der Waals surface area contributed by atoms with Gasteiger partial charge >= 0.3 is 0 Å². The third kappa shape index (κ3) is 30.7. The first-order chi connectivity index (χ1) is 40.8. The van der Waals surface area contributed by atoms with Gasteiger partial charge in [0.2, 0.25) is 5.91 Å². The zero-order valence-corrected chi connectivity index (χ0v) is 51.9. The summed E-state index contributed by atoms with van der Waals surface area (Å²) in [4.78, 5) is 13.4. The molecule has 0 saturated carbocycles. The van der Waals surface area contributed by atoms with Gasteiger partial charge in [0.05, 0.1) is 38.6 Å². The summed E-state index contributed by atoms with van der Waals surface area (Å²) >= 11 is 0. The number of allylic oxidation sites excluding steroid dienone is 4. The highest BCUT2D eigenvalue weighted by Gasteiger charge is 2.53. The lowest BCUT2D eigenvalue weighted by atomic mass is 9.96. The Hall–Kier alpha value is -1.73. The third-order valence-corrected chi connectivity index (χ3v) is 17.0. The van der Waals surface area contributed by atoms with Crippen molar-refractivity contribution in [2.75, 3.05) is 26.4 Å². The maximum Gasteiger partial charge on any atom is 0.220 e. The fourth-order valence-electron chi connectivity index (χ4n) is 11.5. The molecule has 0 aromatic carbocycles. The van der Waals surface area contributed by atoms with Gasteiger partial charge in [-0.3, -0.25) is 4.79 Å². The van der Waals surface area contributed by atoms with Gasteiger partial charge in [0.1, 0.15) is 73.2 Å². The number of carbonyl (C=O) groups excluding carboxylic acids is 1. The Balaban J connectivity index is 1.46. The molecular formula is C65H121NO18. The Labute approximate surface area is 505 Å². The number of aliphatic hydroxyl groups excluding tert-OH is 11. The van der Waals surface area contributed by atoms with E-state index in [2.05, 4.69) is 43.5 Å². The van der Waals surface area contributed by atoms with Crippen LogP contribution in [0.4, 0.5) is 0 Å². The van der Waals surface area contributed by atoms with Gasteiger partial charge in [-0.15, -0.1) is 0 Å². The van der Waals surface area contributed by atoms with E-state index in [4.69, 9.17) is 28.4 Å². The molecular weight excluding hydrogens is 1080 g/mol. The number of hydrogen-bond acceptors (Lipinski definition) is 18. The fraction of sp³-hybridized carbons (Fsp3) is 0.923. The van der Waals surface area contributed by atoms with Crippen molar-refractivity contribution in [1.29, 1.82) is 0 Å². The predicted molar refractivity (Wildman–Crippen MR) is 323 cm³/mol. The summed E-state index contributed by atoms with van der Waals surface area (Å²) in [6, 6.07) is -0.890. The van der Waals surface area contributed by atoms with Crippen LogP contribution in [0.2, 0.25) is 0 Å². The van der Waals surface area contributed by atoms with Crippen molar-refractivity contribution in [2.45, 2.75) is 356 Å². The lowest BCUT2D eigenvalue weighted by molar-refractivity contribution is -0.379. The Morgan fingerprint density at radius 3 is 1.23 bits per heavy atom. The Morgan fingerprint density at radius 2 is 0.786 bits per heavy atom. The van der Waals surface area contributed by atoms with Crippen molar-refractivity contribution < 1.29 is 89.4 Å². The van der Waals surface area contributed by atoms with Gasteiger partial charge in [0, 0.05) is 6.42 Å². The molecule has 0 spiro atoms. The van der Waals surface area contributed by atoms with Crippen LogP contribution in [0, 0.1) is 0 Å². The summed E-state index contributed by atoms with van der Waals surface area (Å²) in [7, 11) is 0. The Kier molecular flexibility index (Phi) is 43.9. The number of hydrogen-bond donors (Lipinski definition) is 12. The molecule has 0 aliphatic carbocycles. The van der Waals surface area contributed by atoms with Crippen LogP contribution >= 0.6 is 0 Å². The maximum atomic E-state index is 13.4. The number of ether oxygens (including phenoxy) is 6. The third-order valence-electron chi connectivity index (χ3n) is 17.0. The molecule has 0 aromatic rings. The average molecular weight is 1200 g/mol. The molecule has 3 fully saturated rings. The van der Waals surface area contributed by atoms with Gasteiger partial charge in [-0.05, 0) is 44.9 Å². The molecule has 3 saturated heterocycles. The first-order valence-electron chi connectivity index (χ1n) is 33.6. The minimum absolute atomic E-state index is 0.248. The van der Waals surface area contributed by atoms with E-state index >= 15 is 0 Å². The van der Waals surface area contributed by atoms with E-state index in [1.165, 1.54) is 148 Å². The Morgan fingerprint density at radius 1 is 0.429 bits per heavy atom. The number of unbranched alkanes of at least 4 members (excludes halogenated alkanes) is 31. The van der Waals surface area contributed by atoms with Gasteiger partial charge in [0.15, 0.2) is 18.9 Å². The predicted octanol–water partition coefficient (Wildman–Crippen LogP) is 7.88. The van der Waals surface area contributed by atoms with Crippen LogP contribution in [-0.2, 0) is 33.2 Å². The maximum absolute atomic E-state index is 13.4. The molecule has 0 radical (unpaired) electrons. The van der Waals surface area contributed by atoms with E-state index in [0.717, 1.165) is 70.6 Å². The SMILES string of the molecule is CCCCCC/C=C\C/C=C\CCCCCCCCCC(=O)NC(COC1OC(CO)C(OC2OC(CO)C(OC3OC(CO)C(O)C(O)C3O)C(O)C2O)C(O)C1O)C(O)CCCCCCCCCCCCCCCCCCCCCCC. The summed E-state index contributed by atoms with van der Waals surface area (Å²) in [6.45, 7) is 1.79. The molecule has 3 rings (SSSR count).